The molecule has 0 radical (unpaired) electrons. The van der Waals surface area contributed by atoms with Crippen LogP contribution in [0.15, 0.2) is 16.9 Å². The average Bonchev–Trinajstić information content (AvgIpc) is 2.76. The summed E-state index contributed by atoms with van der Waals surface area (Å²) in [5.41, 5.74) is 0.906. The fourth-order valence-corrected chi connectivity index (χ4v) is 2.20. The maximum atomic E-state index is 11.5. The minimum Gasteiger partial charge on any atom is -0.314 e. The van der Waals surface area contributed by atoms with Crippen LogP contribution in [0.5, 0.6) is 0 Å². The maximum absolute atomic E-state index is 11.5. The highest BCUT2D eigenvalue weighted by molar-refractivity contribution is 4.96. The summed E-state index contributed by atoms with van der Waals surface area (Å²) in [6.07, 6.45) is 4.72. The van der Waals surface area contributed by atoms with Crippen LogP contribution in [0.25, 0.3) is 0 Å². The Kier molecular flexibility index (Phi) is 3.72. The second-order valence-corrected chi connectivity index (χ2v) is 4.47. The van der Waals surface area contributed by atoms with E-state index < -0.39 is 0 Å². The molecular weight excluding hydrogens is 202 g/mol. The second kappa shape index (κ2) is 5.25. The monoisotopic (exact) mass is 221 g/mol. The zero-order chi connectivity index (χ0) is 11.4. The lowest BCUT2D eigenvalue weighted by atomic mass is 10.1. The molecule has 1 fully saturated rings. The molecule has 0 aliphatic carbocycles. The van der Waals surface area contributed by atoms with E-state index in [1.165, 1.54) is 12.8 Å². The van der Waals surface area contributed by atoms with Gasteiger partial charge in [-0.05, 0) is 45.2 Å². The van der Waals surface area contributed by atoms with Crippen LogP contribution in [-0.2, 0) is 6.54 Å². The largest absolute Gasteiger partial charge is 0.314 e. The van der Waals surface area contributed by atoms with Gasteiger partial charge in [-0.15, -0.1) is 0 Å². The molecule has 2 rings (SSSR count). The Balaban J connectivity index is 1.84. The summed E-state index contributed by atoms with van der Waals surface area (Å²) in [5.74, 6) is 0. The number of hydrogen-bond donors (Lipinski definition) is 1. The molecule has 1 aliphatic heterocycles. The van der Waals surface area contributed by atoms with Crippen molar-refractivity contribution in [3.8, 4) is 0 Å². The van der Waals surface area contributed by atoms with Gasteiger partial charge < -0.3 is 5.32 Å². The first-order valence-electron chi connectivity index (χ1n) is 6.04. The molecule has 4 nitrogen and oxygen atoms in total. The summed E-state index contributed by atoms with van der Waals surface area (Å²) in [6, 6.07) is 4.01. The van der Waals surface area contributed by atoms with Crippen LogP contribution >= 0.6 is 0 Å². The van der Waals surface area contributed by atoms with Crippen LogP contribution in [0, 0.1) is 6.92 Å². The first kappa shape index (κ1) is 11.3. The summed E-state index contributed by atoms with van der Waals surface area (Å²) in [4.78, 5) is 11.5. The fourth-order valence-electron chi connectivity index (χ4n) is 2.20. The predicted octanol–water partition coefficient (Wildman–Crippen LogP) is 1.08. The molecular formula is C12H19N3O. The van der Waals surface area contributed by atoms with Crippen LogP contribution < -0.4 is 10.9 Å². The Bertz CT molecular complexity index is 393. The van der Waals surface area contributed by atoms with E-state index in [4.69, 9.17) is 0 Å². The number of nitrogens with one attached hydrogen (secondary N) is 1. The molecule has 1 aromatic heterocycles. The molecule has 0 amide bonds. The summed E-state index contributed by atoms with van der Waals surface area (Å²) in [6.45, 7) is 3.79. The van der Waals surface area contributed by atoms with Gasteiger partial charge >= 0.3 is 0 Å². The third-order valence-electron chi connectivity index (χ3n) is 3.08. The molecule has 88 valence electrons. The molecule has 1 saturated heterocycles. The molecule has 2 heterocycles. The lowest BCUT2D eigenvalue weighted by Crippen LogP contribution is -2.25. The van der Waals surface area contributed by atoms with Gasteiger partial charge in [0.2, 0.25) is 0 Å². The van der Waals surface area contributed by atoms with Crippen LogP contribution in [-0.4, -0.2) is 22.4 Å². The highest BCUT2D eigenvalue weighted by Crippen LogP contribution is 2.10. The van der Waals surface area contributed by atoms with Crippen molar-refractivity contribution in [2.75, 3.05) is 6.54 Å². The molecule has 0 aromatic carbocycles. The Morgan fingerprint density at radius 2 is 2.44 bits per heavy atom. The number of hydrogen-bond acceptors (Lipinski definition) is 3. The SMILES string of the molecule is Cc1ccc(=O)n(CCCC2CCCN2)n1. The zero-order valence-electron chi connectivity index (χ0n) is 9.78. The van der Waals surface area contributed by atoms with E-state index in [0.29, 0.717) is 6.04 Å². The van der Waals surface area contributed by atoms with E-state index in [2.05, 4.69) is 10.4 Å². The van der Waals surface area contributed by atoms with Crippen molar-refractivity contribution >= 4 is 0 Å². The number of aromatic nitrogens is 2. The van der Waals surface area contributed by atoms with Crippen LogP contribution in [0.4, 0.5) is 0 Å². The van der Waals surface area contributed by atoms with Gasteiger partial charge in [-0.3, -0.25) is 4.79 Å². The molecule has 0 spiro atoms. The molecule has 1 unspecified atom stereocenters. The number of aryl methyl sites for hydroxylation is 2. The van der Waals surface area contributed by atoms with Crippen molar-refractivity contribution in [3.05, 3.63) is 28.2 Å². The highest BCUT2D eigenvalue weighted by Gasteiger charge is 2.13. The third kappa shape index (κ3) is 2.92. The molecule has 0 saturated carbocycles. The molecule has 16 heavy (non-hydrogen) atoms. The van der Waals surface area contributed by atoms with E-state index >= 15 is 0 Å². The Morgan fingerprint density at radius 1 is 1.56 bits per heavy atom. The van der Waals surface area contributed by atoms with Crippen molar-refractivity contribution in [2.45, 2.75) is 45.2 Å². The second-order valence-electron chi connectivity index (χ2n) is 4.47. The Morgan fingerprint density at radius 3 is 3.19 bits per heavy atom. The van der Waals surface area contributed by atoms with Crippen LogP contribution in [0.3, 0.4) is 0 Å². The van der Waals surface area contributed by atoms with Crippen molar-refractivity contribution in [1.29, 1.82) is 0 Å². The van der Waals surface area contributed by atoms with E-state index in [1.54, 1.807) is 16.8 Å². The van der Waals surface area contributed by atoms with Gasteiger partial charge in [-0.1, -0.05) is 0 Å². The fraction of sp³-hybridized carbons (Fsp3) is 0.667. The van der Waals surface area contributed by atoms with E-state index in [9.17, 15) is 4.79 Å². The lowest BCUT2D eigenvalue weighted by molar-refractivity contribution is 0.470. The van der Waals surface area contributed by atoms with E-state index in [-0.39, 0.29) is 5.56 Å². The first-order chi connectivity index (χ1) is 7.75. The Labute approximate surface area is 95.7 Å². The van der Waals surface area contributed by atoms with Crippen molar-refractivity contribution in [3.63, 3.8) is 0 Å². The quantitative estimate of drug-likeness (QED) is 0.827. The minimum absolute atomic E-state index is 0.00461. The standard InChI is InChI=1S/C12H19N3O/c1-10-6-7-12(16)15(14-10)9-3-5-11-4-2-8-13-11/h6-7,11,13H,2-5,8-9H2,1H3. The smallest absolute Gasteiger partial charge is 0.266 e. The molecule has 1 atom stereocenters. The van der Waals surface area contributed by atoms with Gasteiger partial charge in [0.15, 0.2) is 0 Å². The number of rotatable bonds is 4. The molecule has 1 N–H and O–H groups in total. The lowest BCUT2D eigenvalue weighted by Gasteiger charge is -2.10. The number of nitrogens with zero attached hydrogens (tertiary/aromatic N) is 2. The summed E-state index contributed by atoms with van der Waals surface area (Å²) < 4.78 is 1.57. The van der Waals surface area contributed by atoms with Gasteiger partial charge in [0.05, 0.1) is 5.69 Å². The maximum Gasteiger partial charge on any atom is 0.266 e. The topological polar surface area (TPSA) is 46.9 Å². The molecule has 1 aromatic rings. The van der Waals surface area contributed by atoms with Gasteiger partial charge in [-0.25, -0.2) is 4.68 Å². The predicted molar refractivity (Wildman–Crippen MR) is 63.5 cm³/mol. The van der Waals surface area contributed by atoms with Crippen molar-refractivity contribution in [1.82, 2.24) is 15.1 Å². The average molecular weight is 221 g/mol. The van der Waals surface area contributed by atoms with Crippen molar-refractivity contribution < 1.29 is 0 Å². The summed E-state index contributed by atoms with van der Waals surface area (Å²) in [5, 5.41) is 7.68. The highest BCUT2D eigenvalue weighted by atomic mass is 16.1. The van der Waals surface area contributed by atoms with Crippen molar-refractivity contribution in [2.24, 2.45) is 0 Å². The minimum atomic E-state index is 0.00461. The van der Waals surface area contributed by atoms with Crippen LogP contribution in [0.2, 0.25) is 0 Å². The summed E-state index contributed by atoms with van der Waals surface area (Å²) >= 11 is 0. The normalized spacial score (nSPS) is 20.2. The molecule has 4 heteroatoms. The van der Waals surface area contributed by atoms with Gasteiger partial charge in [0.25, 0.3) is 5.56 Å². The zero-order valence-corrected chi connectivity index (χ0v) is 9.78. The van der Waals surface area contributed by atoms with Crippen LogP contribution in [0.1, 0.15) is 31.4 Å². The summed E-state index contributed by atoms with van der Waals surface area (Å²) in [7, 11) is 0. The molecule has 0 bridgehead atoms. The first-order valence-corrected chi connectivity index (χ1v) is 6.04. The van der Waals surface area contributed by atoms with E-state index in [1.807, 2.05) is 6.92 Å². The van der Waals surface area contributed by atoms with Gasteiger partial charge in [0, 0.05) is 18.7 Å². The van der Waals surface area contributed by atoms with Gasteiger partial charge in [0.1, 0.15) is 0 Å². The third-order valence-corrected chi connectivity index (χ3v) is 3.08. The van der Waals surface area contributed by atoms with Gasteiger partial charge in [-0.2, -0.15) is 5.10 Å². The Hall–Kier alpha value is -1.16. The van der Waals surface area contributed by atoms with E-state index in [0.717, 1.165) is 31.6 Å². The molecule has 1 aliphatic rings.